The smallest absolute Gasteiger partial charge is 0.410 e. The molecular formula is C22H33NO2. The second kappa shape index (κ2) is 7.80. The summed E-state index contributed by atoms with van der Waals surface area (Å²) >= 11 is 0. The zero-order valence-electron chi connectivity index (χ0n) is 16.0. The molecule has 3 rings (SSSR count). The molecule has 0 bridgehead atoms. The number of hydrogen-bond donors (Lipinski definition) is 0. The average Bonchev–Trinajstić information content (AvgIpc) is 3.34. The van der Waals surface area contributed by atoms with Crippen molar-refractivity contribution in [1.29, 1.82) is 0 Å². The van der Waals surface area contributed by atoms with Gasteiger partial charge in [-0.15, -0.1) is 0 Å². The van der Waals surface area contributed by atoms with Crippen molar-refractivity contribution >= 4 is 6.09 Å². The fourth-order valence-corrected chi connectivity index (χ4v) is 4.07. The number of carbonyl (C=O) groups excluding carboxylic acids is 1. The Labute approximate surface area is 152 Å². The van der Waals surface area contributed by atoms with Gasteiger partial charge >= 0.3 is 6.09 Å². The molecule has 0 N–H and O–H groups in total. The lowest BCUT2D eigenvalue weighted by molar-refractivity contribution is 0.0180. The molecule has 2 aliphatic rings. The number of rotatable bonds is 5. The summed E-state index contributed by atoms with van der Waals surface area (Å²) in [5.74, 6) is 2.51. The van der Waals surface area contributed by atoms with Crippen molar-refractivity contribution in [2.24, 2.45) is 11.8 Å². The van der Waals surface area contributed by atoms with Crippen molar-refractivity contribution in [2.45, 2.75) is 70.8 Å². The molecule has 0 aromatic heterocycles. The largest absolute Gasteiger partial charge is 0.444 e. The second-order valence-electron chi connectivity index (χ2n) is 8.85. The van der Waals surface area contributed by atoms with Gasteiger partial charge in [0.15, 0.2) is 0 Å². The van der Waals surface area contributed by atoms with Crippen LogP contribution in [-0.4, -0.2) is 29.7 Å². The molecule has 1 amide bonds. The maximum atomic E-state index is 12.1. The minimum Gasteiger partial charge on any atom is -0.444 e. The Morgan fingerprint density at radius 2 is 1.80 bits per heavy atom. The average molecular weight is 344 g/mol. The van der Waals surface area contributed by atoms with E-state index in [1.54, 1.807) is 0 Å². The van der Waals surface area contributed by atoms with Crippen molar-refractivity contribution in [3.63, 3.8) is 0 Å². The molecule has 1 aromatic carbocycles. The van der Waals surface area contributed by atoms with E-state index in [0.29, 0.717) is 0 Å². The van der Waals surface area contributed by atoms with E-state index >= 15 is 0 Å². The summed E-state index contributed by atoms with van der Waals surface area (Å²) < 4.78 is 5.47. The normalized spacial score (nSPS) is 24.2. The third kappa shape index (κ3) is 5.49. The van der Waals surface area contributed by atoms with Gasteiger partial charge in [0.05, 0.1) is 0 Å². The highest BCUT2D eigenvalue weighted by Gasteiger charge is 2.37. The van der Waals surface area contributed by atoms with Crippen molar-refractivity contribution in [3.05, 3.63) is 35.9 Å². The van der Waals surface area contributed by atoms with E-state index in [9.17, 15) is 4.79 Å². The maximum Gasteiger partial charge on any atom is 0.410 e. The Bertz CT molecular complexity index is 555. The standard InChI is InChI=1S/C22H33NO2/c1-22(2,3)25-21(24)23-14-12-17(13-15-23)8-7-11-19-16-20(19)18-9-5-4-6-10-18/h4-6,9-10,17,19-20H,7-8,11-16H2,1-3H3/t19-,20+/m0/s1. The van der Waals surface area contributed by atoms with Gasteiger partial charge < -0.3 is 9.64 Å². The van der Waals surface area contributed by atoms with Crippen LogP contribution in [0.15, 0.2) is 30.3 Å². The molecule has 1 heterocycles. The number of benzene rings is 1. The van der Waals surface area contributed by atoms with Gasteiger partial charge in [0.25, 0.3) is 0 Å². The number of amides is 1. The molecule has 0 radical (unpaired) electrons. The topological polar surface area (TPSA) is 29.5 Å². The lowest BCUT2D eigenvalue weighted by Crippen LogP contribution is -2.41. The summed E-state index contributed by atoms with van der Waals surface area (Å²) in [5.41, 5.74) is 1.13. The minimum absolute atomic E-state index is 0.144. The van der Waals surface area contributed by atoms with E-state index < -0.39 is 5.60 Å². The molecule has 1 aliphatic carbocycles. The highest BCUT2D eigenvalue weighted by molar-refractivity contribution is 5.68. The van der Waals surface area contributed by atoms with Gasteiger partial charge in [-0.1, -0.05) is 43.2 Å². The van der Waals surface area contributed by atoms with Gasteiger partial charge in [0.1, 0.15) is 5.60 Å². The predicted octanol–water partition coefficient (Wildman–Crippen LogP) is 5.61. The fourth-order valence-electron chi connectivity index (χ4n) is 4.07. The monoisotopic (exact) mass is 343 g/mol. The van der Waals surface area contributed by atoms with Crippen LogP contribution in [0.25, 0.3) is 0 Å². The fraction of sp³-hybridized carbons (Fsp3) is 0.682. The summed E-state index contributed by atoms with van der Waals surface area (Å²) in [4.78, 5) is 14.0. The molecule has 1 aliphatic heterocycles. The predicted molar refractivity (Wildman–Crippen MR) is 102 cm³/mol. The highest BCUT2D eigenvalue weighted by atomic mass is 16.6. The molecule has 3 nitrogen and oxygen atoms in total. The van der Waals surface area contributed by atoms with Gasteiger partial charge in [0, 0.05) is 13.1 Å². The van der Waals surface area contributed by atoms with Crippen molar-refractivity contribution in [3.8, 4) is 0 Å². The summed E-state index contributed by atoms with van der Waals surface area (Å²) in [5, 5.41) is 0. The first-order valence-electron chi connectivity index (χ1n) is 9.95. The van der Waals surface area contributed by atoms with E-state index in [1.807, 2.05) is 25.7 Å². The van der Waals surface area contributed by atoms with Crippen LogP contribution in [-0.2, 0) is 4.74 Å². The third-order valence-corrected chi connectivity index (χ3v) is 5.60. The Morgan fingerprint density at radius 1 is 1.12 bits per heavy atom. The molecule has 2 atom stereocenters. The first-order valence-corrected chi connectivity index (χ1v) is 9.95. The van der Waals surface area contributed by atoms with Crippen LogP contribution in [0.1, 0.15) is 70.8 Å². The van der Waals surface area contributed by atoms with E-state index in [-0.39, 0.29) is 6.09 Å². The number of piperidine rings is 1. The Hall–Kier alpha value is -1.51. The maximum absolute atomic E-state index is 12.1. The zero-order valence-corrected chi connectivity index (χ0v) is 16.0. The van der Waals surface area contributed by atoms with Crippen LogP contribution in [0.4, 0.5) is 4.79 Å². The highest BCUT2D eigenvalue weighted by Crippen LogP contribution is 2.50. The number of nitrogens with zero attached hydrogens (tertiary/aromatic N) is 1. The molecule has 25 heavy (non-hydrogen) atoms. The van der Waals surface area contributed by atoms with E-state index in [1.165, 1.54) is 31.2 Å². The molecule has 3 heteroatoms. The molecule has 1 aromatic rings. The number of hydrogen-bond acceptors (Lipinski definition) is 2. The lowest BCUT2D eigenvalue weighted by Gasteiger charge is -2.33. The quantitative estimate of drug-likeness (QED) is 0.695. The van der Waals surface area contributed by atoms with Crippen LogP contribution in [0, 0.1) is 11.8 Å². The van der Waals surface area contributed by atoms with Crippen LogP contribution in [0.5, 0.6) is 0 Å². The van der Waals surface area contributed by atoms with Gasteiger partial charge in [-0.3, -0.25) is 0 Å². The van der Waals surface area contributed by atoms with Crippen molar-refractivity contribution in [1.82, 2.24) is 4.90 Å². The minimum atomic E-state index is -0.395. The van der Waals surface area contributed by atoms with E-state index in [0.717, 1.165) is 43.7 Å². The zero-order chi connectivity index (χ0) is 17.9. The first kappa shape index (κ1) is 18.3. The van der Waals surface area contributed by atoms with Gasteiger partial charge in [-0.25, -0.2) is 4.79 Å². The summed E-state index contributed by atoms with van der Waals surface area (Å²) in [6.45, 7) is 7.50. The SMILES string of the molecule is CC(C)(C)OC(=O)N1CCC(CCC[C@H]2C[C@@H]2c2ccccc2)CC1. The lowest BCUT2D eigenvalue weighted by atomic mass is 9.91. The molecule has 0 spiro atoms. The molecular weight excluding hydrogens is 310 g/mol. The van der Waals surface area contributed by atoms with E-state index in [4.69, 9.17) is 4.74 Å². The molecule has 1 saturated heterocycles. The summed E-state index contributed by atoms with van der Waals surface area (Å²) in [6.07, 6.45) is 7.52. The summed E-state index contributed by atoms with van der Waals surface area (Å²) in [7, 11) is 0. The second-order valence-corrected chi connectivity index (χ2v) is 8.85. The van der Waals surface area contributed by atoms with Gasteiger partial charge in [-0.2, -0.15) is 0 Å². The van der Waals surface area contributed by atoms with Gasteiger partial charge in [0.2, 0.25) is 0 Å². The van der Waals surface area contributed by atoms with Crippen LogP contribution < -0.4 is 0 Å². The molecule has 0 unspecified atom stereocenters. The number of carbonyl (C=O) groups is 1. The van der Waals surface area contributed by atoms with Crippen molar-refractivity contribution in [2.75, 3.05) is 13.1 Å². The van der Waals surface area contributed by atoms with Crippen LogP contribution >= 0.6 is 0 Å². The number of ether oxygens (including phenoxy) is 1. The van der Waals surface area contributed by atoms with Crippen LogP contribution in [0.2, 0.25) is 0 Å². The van der Waals surface area contributed by atoms with Crippen molar-refractivity contribution < 1.29 is 9.53 Å². The molecule has 2 fully saturated rings. The Morgan fingerprint density at radius 3 is 2.44 bits per heavy atom. The van der Waals surface area contributed by atoms with E-state index in [2.05, 4.69) is 30.3 Å². The number of likely N-dealkylation sites (tertiary alicyclic amines) is 1. The summed E-state index contributed by atoms with van der Waals surface area (Å²) in [6, 6.07) is 11.0. The molecule has 138 valence electrons. The third-order valence-electron chi connectivity index (χ3n) is 5.60. The Balaban J connectivity index is 1.31. The van der Waals surface area contributed by atoms with Crippen LogP contribution in [0.3, 0.4) is 0 Å². The van der Waals surface area contributed by atoms with Gasteiger partial charge in [-0.05, 0) is 69.8 Å². The Kier molecular flexibility index (Phi) is 5.71. The first-order chi connectivity index (χ1) is 11.9. The molecule has 1 saturated carbocycles.